The molecule has 0 radical (unpaired) electrons. The fourth-order valence-electron chi connectivity index (χ4n) is 5.91. The summed E-state index contributed by atoms with van der Waals surface area (Å²) in [7, 11) is 0. The number of fused-ring (bicyclic) bond motifs is 3. The summed E-state index contributed by atoms with van der Waals surface area (Å²) >= 11 is 0. The van der Waals surface area contributed by atoms with Crippen LogP contribution in [0, 0.1) is 12.8 Å². The first-order valence-electron chi connectivity index (χ1n) is 13.7. The van der Waals surface area contributed by atoms with Gasteiger partial charge in [-0.3, -0.25) is 0 Å². The van der Waals surface area contributed by atoms with Gasteiger partial charge in [-0.05, 0) is 53.3 Å². The summed E-state index contributed by atoms with van der Waals surface area (Å²) in [6, 6.07) is 33.1. The van der Waals surface area contributed by atoms with Gasteiger partial charge in [-0.15, -0.1) is 0 Å². The third-order valence-corrected chi connectivity index (χ3v) is 7.86. The zero-order valence-electron chi connectivity index (χ0n) is 22.4. The van der Waals surface area contributed by atoms with Crippen LogP contribution in [-0.4, -0.2) is 4.57 Å². The molecule has 0 bridgehead atoms. The molecule has 39 heavy (non-hydrogen) atoms. The number of nitrogens with zero attached hydrogens (tertiary/aromatic N) is 2. The highest BCUT2D eigenvalue weighted by Gasteiger charge is 2.33. The van der Waals surface area contributed by atoms with E-state index < -0.39 is 0 Å². The van der Waals surface area contributed by atoms with E-state index in [1.54, 1.807) is 0 Å². The molecule has 0 amide bonds. The molecule has 0 saturated carbocycles. The fourth-order valence-corrected chi connectivity index (χ4v) is 5.91. The van der Waals surface area contributed by atoms with Gasteiger partial charge in [0.1, 0.15) is 24.6 Å². The Labute approximate surface area is 230 Å². The largest absolute Gasteiger partial charge is 0.294 e. The predicted octanol–water partition coefficient (Wildman–Crippen LogP) is 8.58. The second kappa shape index (κ2) is 9.56. The normalized spacial score (nSPS) is 15.5. The number of hydrogen-bond donors (Lipinski definition) is 0. The Morgan fingerprint density at radius 2 is 1.49 bits per heavy atom. The average molecular weight is 504 g/mol. The molecular formula is C37H31N2+. The molecule has 1 unspecified atom stereocenters. The molecule has 7 rings (SSSR count). The van der Waals surface area contributed by atoms with Gasteiger partial charge >= 0.3 is 0 Å². The quantitative estimate of drug-likeness (QED) is 0.213. The highest BCUT2D eigenvalue weighted by molar-refractivity contribution is 5.92. The average Bonchev–Trinajstić information content (AvgIpc) is 3.45. The van der Waals surface area contributed by atoms with Gasteiger partial charge in [0.15, 0.2) is 0 Å². The second-order valence-electron chi connectivity index (χ2n) is 10.7. The Balaban J connectivity index is 1.56. The summed E-state index contributed by atoms with van der Waals surface area (Å²) in [6.45, 7) is 5.31. The number of rotatable bonds is 4. The first-order chi connectivity index (χ1) is 19.2. The molecule has 4 aromatic carbocycles. The van der Waals surface area contributed by atoms with Crippen molar-refractivity contribution in [2.75, 3.05) is 0 Å². The molecule has 2 aliphatic rings. The molecule has 1 aliphatic carbocycles. The molecule has 1 aliphatic heterocycles. The molecule has 0 N–H and O–H groups in total. The van der Waals surface area contributed by atoms with Crippen molar-refractivity contribution in [1.82, 2.24) is 4.57 Å². The van der Waals surface area contributed by atoms with Gasteiger partial charge in [-0.1, -0.05) is 116 Å². The second-order valence-corrected chi connectivity index (χ2v) is 10.7. The first-order valence-corrected chi connectivity index (χ1v) is 13.7. The highest BCUT2D eigenvalue weighted by atomic mass is 15.2. The van der Waals surface area contributed by atoms with Crippen LogP contribution in [-0.2, 0) is 6.54 Å². The van der Waals surface area contributed by atoms with Crippen molar-refractivity contribution in [3.05, 3.63) is 150 Å². The highest BCUT2D eigenvalue weighted by Crippen LogP contribution is 2.41. The SMILES string of the molecule is Cc1ccc2c(c1)C[n+]1ccn(-c3c(C4=CC=CC(C)C=C4)cc(-c4ccccc4)cc3-c3ccccc3)c1-2. The first kappa shape index (κ1) is 23.4. The number of hydrogen-bond acceptors (Lipinski definition) is 0. The third kappa shape index (κ3) is 4.19. The van der Waals surface area contributed by atoms with Crippen LogP contribution in [0.4, 0.5) is 0 Å². The van der Waals surface area contributed by atoms with Crippen LogP contribution in [0.2, 0.25) is 0 Å². The van der Waals surface area contributed by atoms with Crippen molar-refractivity contribution in [2.45, 2.75) is 20.4 Å². The van der Waals surface area contributed by atoms with E-state index in [9.17, 15) is 0 Å². The van der Waals surface area contributed by atoms with E-state index in [1.807, 2.05) is 0 Å². The number of imidazole rings is 1. The van der Waals surface area contributed by atoms with Crippen LogP contribution < -0.4 is 4.57 Å². The monoisotopic (exact) mass is 503 g/mol. The Hall–Kier alpha value is -4.69. The van der Waals surface area contributed by atoms with E-state index in [1.165, 1.54) is 61.6 Å². The van der Waals surface area contributed by atoms with E-state index in [2.05, 4.69) is 157 Å². The Kier molecular flexibility index (Phi) is 5.74. The summed E-state index contributed by atoms with van der Waals surface area (Å²) in [5, 5.41) is 0. The van der Waals surface area contributed by atoms with Crippen molar-refractivity contribution >= 4 is 5.57 Å². The zero-order valence-corrected chi connectivity index (χ0v) is 22.4. The lowest BCUT2D eigenvalue weighted by atomic mass is 9.90. The van der Waals surface area contributed by atoms with Crippen molar-refractivity contribution in [3.63, 3.8) is 0 Å². The Bertz CT molecular complexity index is 1780. The van der Waals surface area contributed by atoms with Crippen LogP contribution in [0.15, 0.2) is 134 Å². The molecule has 2 heterocycles. The summed E-state index contributed by atoms with van der Waals surface area (Å²) in [4.78, 5) is 0. The number of allylic oxidation sites excluding steroid dienone is 6. The van der Waals surface area contributed by atoms with Gasteiger partial charge in [-0.25, -0.2) is 4.57 Å². The zero-order chi connectivity index (χ0) is 26.3. The maximum atomic E-state index is 2.42. The van der Waals surface area contributed by atoms with E-state index in [0.717, 1.165) is 6.54 Å². The molecular weight excluding hydrogens is 472 g/mol. The standard InChI is InChI=1S/C37H31N2/c1-26-10-9-15-30(18-16-26)35-24-31(28-11-5-3-6-12-28)23-34(29-13-7-4-8-14-29)36(35)39-21-20-38-25-32-22-27(2)17-19-33(32)37(38)39/h3-24,26H,25H2,1-2H3/q+1. The lowest BCUT2D eigenvalue weighted by Gasteiger charge is -2.17. The van der Waals surface area contributed by atoms with Gasteiger partial charge in [0.05, 0.1) is 5.56 Å². The smallest absolute Gasteiger partial charge is 0.225 e. The minimum atomic E-state index is 0.398. The third-order valence-electron chi connectivity index (χ3n) is 7.86. The van der Waals surface area contributed by atoms with Gasteiger partial charge in [-0.2, -0.15) is 4.57 Å². The molecule has 0 fully saturated rings. The van der Waals surface area contributed by atoms with Gasteiger partial charge in [0, 0.05) is 16.7 Å². The van der Waals surface area contributed by atoms with Crippen LogP contribution in [0.3, 0.4) is 0 Å². The minimum absolute atomic E-state index is 0.398. The van der Waals surface area contributed by atoms with E-state index in [-0.39, 0.29) is 0 Å². The minimum Gasteiger partial charge on any atom is -0.225 e. The maximum absolute atomic E-state index is 2.42. The molecule has 0 spiro atoms. The van der Waals surface area contributed by atoms with Crippen LogP contribution in [0.1, 0.15) is 23.6 Å². The van der Waals surface area contributed by atoms with Crippen molar-refractivity contribution in [3.8, 4) is 39.3 Å². The summed E-state index contributed by atoms with van der Waals surface area (Å²) in [5.41, 5.74) is 12.5. The van der Waals surface area contributed by atoms with Gasteiger partial charge in [0.25, 0.3) is 5.82 Å². The van der Waals surface area contributed by atoms with E-state index in [0.29, 0.717) is 5.92 Å². The number of aryl methyl sites for hydroxylation is 1. The number of aromatic nitrogens is 2. The maximum Gasteiger partial charge on any atom is 0.294 e. The van der Waals surface area contributed by atoms with Gasteiger partial charge in [0.2, 0.25) is 0 Å². The van der Waals surface area contributed by atoms with E-state index in [4.69, 9.17) is 0 Å². The topological polar surface area (TPSA) is 8.81 Å². The molecule has 5 aromatic rings. The Morgan fingerprint density at radius 3 is 2.28 bits per heavy atom. The summed E-state index contributed by atoms with van der Waals surface area (Å²) in [6.07, 6.45) is 15.8. The van der Waals surface area contributed by atoms with Crippen LogP contribution in [0.25, 0.3) is 44.9 Å². The van der Waals surface area contributed by atoms with Crippen molar-refractivity contribution < 1.29 is 4.57 Å². The molecule has 1 aromatic heterocycles. The summed E-state index contributed by atoms with van der Waals surface area (Å²) in [5.74, 6) is 1.63. The molecule has 0 saturated heterocycles. The lowest BCUT2D eigenvalue weighted by Crippen LogP contribution is -2.30. The predicted molar refractivity (Wildman–Crippen MR) is 162 cm³/mol. The summed E-state index contributed by atoms with van der Waals surface area (Å²) < 4.78 is 4.80. The molecule has 2 heteroatoms. The molecule has 188 valence electrons. The van der Waals surface area contributed by atoms with Crippen LogP contribution >= 0.6 is 0 Å². The van der Waals surface area contributed by atoms with Gasteiger partial charge < -0.3 is 0 Å². The lowest BCUT2D eigenvalue weighted by molar-refractivity contribution is -0.671. The van der Waals surface area contributed by atoms with Crippen LogP contribution in [0.5, 0.6) is 0 Å². The van der Waals surface area contributed by atoms with Crippen molar-refractivity contribution in [1.29, 1.82) is 0 Å². The van der Waals surface area contributed by atoms with E-state index >= 15 is 0 Å². The Morgan fingerprint density at radius 1 is 0.744 bits per heavy atom. The van der Waals surface area contributed by atoms with Crippen molar-refractivity contribution in [2.24, 2.45) is 5.92 Å². The molecule has 1 atom stereocenters. The molecule has 2 nitrogen and oxygen atoms in total. The fraction of sp³-hybridized carbons (Fsp3) is 0.108. The number of benzene rings is 4.